The number of nitrogens with two attached hydrogens (primary N) is 1. The minimum atomic E-state index is -0.782. The molecule has 0 fully saturated rings. The van der Waals surface area contributed by atoms with E-state index in [-0.39, 0.29) is 13.2 Å². The van der Waals surface area contributed by atoms with Crippen LogP contribution in [-0.2, 0) is 4.79 Å². The van der Waals surface area contributed by atoms with E-state index in [2.05, 4.69) is 10.6 Å². The zero-order valence-corrected chi connectivity index (χ0v) is 10.5. The third-order valence-corrected chi connectivity index (χ3v) is 2.67. The van der Waals surface area contributed by atoms with Crippen LogP contribution in [0.25, 0.3) is 0 Å². The van der Waals surface area contributed by atoms with Gasteiger partial charge in [0.1, 0.15) is 6.04 Å². The molecule has 0 aromatic carbocycles. The van der Waals surface area contributed by atoms with Gasteiger partial charge in [-0.3, -0.25) is 4.79 Å². The Morgan fingerprint density at radius 1 is 1.29 bits per heavy atom. The Bertz CT molecular complexity index is 248. The lowest BCUT2D eigenvalue weighted by Crippen LogP contribution is -2.52. The molecule has 17 heavy (non-hydrogen) atoms. The van der Waals surface area contributed by atoms with Gasteiger partial charge in [0.15, 0.2) is 0 Å². The van der Waals surface area contributed by atoms with E-state index in [1.54, 1.807) is 0 Å². The van der Waals surface area contributed by atoms with E-state index >= 15 is 0 Å². The van der Waals surface area contributed by atoms with Crippen molar-refractivity contribution in [3.63, 3.8) is 0 Å². The number of rotatable bonds is 8. The second kappa shape index (κ2) is 9.08. The molecule has 0 rings (SSSR count). The van der Waals surface area contributed by atoms with Crippen molar-refractivity contribution in [2.45, 2.75) is 18.5 Å². The second-order valence-electron chi connectivity index (χ2n) is 3.41. The summed E-state index contributed by atoms with van der Waals surface area (Å²) in [6.45, 7) is -0.734. The summed E-state index contributed by atoms with van der Waals surface area (Å²) in [6, 6.07) is -2.26. The molecule has 0 spiro atoms. The molecule has 0 aliphatic rings. The molecule has 100 valence electrons. The largest absolute Gasteiger partial charge is 0.394 e. The smallest absolute Gasteiger partial charge is 0.312 e. The van der Waals surface area contributed by atoms with Crippen LogP contribution in [0, 0.1) is 0 Å². The number of thioether (sulfide) groups is 1. The van der Waals surface area contributed by atoms with Gasteiger partial charge in [0.2, 0.25) is 5.91 Å². The average molecular weight is 265 g/mol. The number of aliphatic hydroxyl groups is 2. The van der Waals surface area contributed by atoms with Crippen molar-refractivity contribution in [2.75, 3.05) is 25.2 Å². The highest BCUT2D eigenvalue weighted by Gasteiger charge is 2.21. The minimum absolute atomic E-state index is 0.367. The van der Waals surface area contributed by atoms with E-state index in [9.17, 15) is 9.59 Å². The molecule has 1 unspecified atom stereocenters. The van der Waals surface area contributed by atoms with Crippen molar-refractivity contribution in [3.05, 3.63) is 0 Å². The van der Waals surface area contributed by atoms with Crippen LogP contribution >= 0.6 is 11.8 Å². The van der Waals surface area contributed by atoms with Gasteiger partial charge in [0, 0.05) is 0 Å². The highest BCUT2D eigenvalue weighted by Crippen LogP contribution is 2.01. The third kappa shape index (κ3) is 7.03. The summed E-state index contributed by atoms with van der Waals surface area (Å²) in [7, 11) is 0. The van der Waals surface area contributed by atoms with Gasteiger partial charge in [-0.25, -0.2) is 4.79 Å². The van der Waals surface area contributed by atoms with Crippen LogP contribution in [0.2, 0.25) is 0 Å². The summed E-state index contributed by atoms with van der Waals surface area (Å²) in [6.07, 6.45) is 2.31. The Kier molecular flexibility index (Phi) is 8.55. The van der Waals surface area contributed by atoms with Gasteiger partial charge in [0.25, 0.3) is 0 Å². The lowest BCUT2D eigenvalue weighted by atomic mass is 10.2. The summed E-state index contributed by atoms with van der Waals surface area (Å²) in [5, 5.41) is 22.4. The van der Waals surface area contributed by atoms with E-state index < -0.39 is 24.0 Å². The van der Waals surface area contributed by atoms with E-state index in [0.29, 0.717) is 12.2 Å². The maximum absolute atomic E-state index is 11.7. The van der Waals surface area contributed by atoms with Crippen LogP contribution in [-0.4, -0.2) is 59.5 Å². The highest BCUT2D eigenvalue weighted by atomic mass is 32.2. The molecular formula is C9H19N3O4S. The number of carbonyl (C=O) groups excluding carboxylic acids is 2. The first kappa shape index (κ1) is 16.0. The van der Waals surface area contributed by atoms with Crippen molar-refractivity contribution in [1.82, 2.24) is 10.6 Å². The van der Waals surface area contributed by atoms with Crippen molar-refractivity contribution in [2.24, 2.45) is 5.73 Å². The predicted octanol–water partition coefficient (Wildman–Crippen LogP) is -1.75. The van der Waals surface area contributed by atoms with Crippen molar-refractivity contribution in [1.29, 1.82) is 0 Å². The molecule has 0 saturated heterocycles. The summed E-state index contributed by atoms with van der Waals surface area (Å²) >= 11 is 1.53. The number of nitrogens with one attached hydrogen (secondary N) is 2. The average Bonchev–Trinajstić information content (AvgIpc) is 2.30. The van der Waals surface area contributed by atoms with Crippen LogP contribution in [0.3, 0.4) is 0 Å². The molecule has 0 aliphatic carbocycles. The molecule has 0 aliphatic heterocycles. The van der Waals surface area contributed by atoms with Crippen molar-refractivity contribution in [3.8, 4) is 0 Å². The fourth-order valence-electron chi connectivity index (χ4n) is 1.13. The van der Waals surface area contributed by atoms with Crippen LogP contribution in [0.1, 0.15) is 6.42 Å². The SMILES string of the molecule is CSCCC(NC(N)=O)C(=O)NC(CO)CO. The number of amides is 3. The molecule has 0 radical (unpaired) electrons. The van der Waals surface area contributed by atoms with Gasteiger partial charge in [-0.1, -0.05) is 0 Å². The Morgan fingerprint density at radius 2 is 1.88 bits per heavy atom. The quantitative estimate of drug-likeness (QED) is 0.356. The van der Waals surface area contributed by atoms with Gasteiger partial charge >= 0.3 is 6.03 Å². The number of carbonyl (C=O) groups is 2. The number of aliphatic hydroxyl groups excluding tert-OH is 2. The topological polar surface area (TPSA) is 125 Å². The fraction of sp³-hybridized carbons (Fsp3) is 0.778. The molecule has 8 heteroatoms. The Balaban J connectivity index is 4.34. The van der Waals surface area contributed by atoms with Crippen molar-refractivity contribution < 1.29 is 19.8 Å². The maximum Gasteiger partial charge on any atom is 0.312 e. The Hall–Kier alpha value is -0.990. The number of primary amides is 1. The van der Waals surface area contributed by atoms with E-state index in [1.165, 1.54) is 11.8 Å². The molecule has 0 heterocycles. The molecule has 0 saturated carbocycles. The lowest BCUT2D eigenvalue weighted by Gasteiger charge is -2.20. The summed E-state index contributed by atoms with van der Waals surface area (Å²) < 4.78 is 0. The first-order valence-corrected chi connectivity index (χ1v) is 6.51. The Labute approximate surface area is 104 Å². The molecular weight excluding hydrogens is 246 g/mol. The first-order valence-electron chi connectivity index (χ1n) is 5.12. The van der Waals surface area contributed by atoms with Crippen LogP contribution in [0.5, 0.6) is 0 Å². The molecule has 3 amide bonds. The normalized spacial score (nSPS) is 12.2. The van der Waals surface area contributed by atoms with Crippen LogP contribution in [0.15, 0.2) is 0 Å². The minimum Gasteiger partial charge on any atom is -0.394 e. The summed E-state index contributed by atoms with van der Waals surface area (Å²) in [5.41, 5.74) is 4.96. The molecule has 0 bridgehead atoms. The first-order chi connectivity index (χ1) is 8.04. The lowest BCUT2D eigenvalue weighted by molar-refractivity contribution is -0.124. The van der Waals surface area contributed by atoms with Gasteiger partial charge < -0.3 is 26.6 Å². The summed E-state index contributed by atoms with van der Waals surface area (Å²) in [4.78, 5) is 22.4. The van der Waals surface area contributed by atoms with Crippen LogP contribution in [0.4, 0.5) is 4.79 Å². The number of hydrogen-bond donors (Lipinski definition) is 5. The predicted molar refractivity (Wildman–Crippen MR) is 65.6 cm³/mol. The van der Waals surface area contributed by atoms with Gasteiger partial charge in [-0.15, -0.1) is 0 Å². The zero-order chi connectivity index (χ0) is 13.3. The van der Waals surface area contributed by atoms with Gasteiger partial charge in [-0.05, 0) is 18.4 Å². The van der Waals surface area contributed by atoms with Crippen LogP contribution < -0.4 is 16.4 Å². The molecule has 7 nitrogen and oxygen atoms in total. The molecule has 0 aromatic rings. The van der Waals surface area contributed by atoms with Crippen molar-refractivity contribution >= 4 is 23.7 Å². The van der Waals surface area contributed by atoms with E-state index in [4.69, 9.17) is 15.9 Å². The van der Waals surface area contributed by atoms with Gasteiger partial charge in [-0.2, -0.15) is 11.8 Å². The third-order valence-electron chi connectivity index (χ3n) is 2.03. The summed E-state index contributed by atoms with van der Waals surface area (Å²) in [5.74, 6) is 0.215. The number of hydrogen-bond acceptors (Lipinski definition) is 5. The van der Waals surface area contributed by atoms with E-state index in [0.717, 1.165) is 0 Å². The fourth-order valence-corrected chi connectivity index (χ4v) is 1.60. The van der Waals surface area contributed by atoms with E-state index in [1.807, 2.05) is 6.26 Å². The van der Waals surface area contributed by atoms with Gasteiger partial charge in [0.05, 0.1) is 19.3 Å². The second-order valence-corrected chi connectivity index (χ2v) is 4.40. The maximum atomic E-state index is 11.7. The monoisotopic (exact) mass is 265 g/mol. The standard InChI is InChI=1S/C9H19N3O4S/c1-17-3-2-7(12-9(10)16)8(15)11-6(4-13)5-14/h6-7,13-14H,2-5H2,1H3,(H,11,15)(H3,10,12,16). The zero-order valence-electron chi connectivity index (χ0n) is 9.68. The number of urea groups is 1. The molecule has 1 atom stereocenters. The Morgan fingerprint density at radius 3 is 2.29 bits per heavy atom. The molecule has 0 aromatic heterocycles. The highest BCUT2D eigenvalue weighted by molar-refractivity contribution is 7.98. The molecule has 6 N–H and O–H groups in total.